The Kier molecular flexibility index (Phi) is 9.86. The molecule has 42 heavy (non-hydrogen) atoms. The molecule has 3 aromatic carbocycles. The third-order valence-electron chi connectivity index (χ3n) is 6.92. The van der Waals surface area contributed by atoms with Crippen molar-refractivity contribution in [2.24, 2.45) is 0 Å². The Morgan fingerprint density at radius 3 is 2.17 bits per heavy atom. The average molecular weight is 605 g/mol. The number of carbonyl (C=O) groups is 2. The number of piperazine rings is 1. The van der Waals surface area contributed by atoms with Crippen LogP contribution in [0, 0.1) is 17.5 Å². The zero-order chi connectivity index (χ0) is 30.4. The molecule has 1 aliphatic heterocycles. The first-order chi connectivity index (χ1) is 20.0. The summed E-state index contributed by atoms with van der Waals surface area (Å²) >= 11 is 0. The molecule has 0 bridgehead atoms. The first kappa shape index (κ1) is 31.0. The molecule has 0 aromatic heterocycles. The van der Waals surface area contributed by atoms with Gasteiger partial charge in [-0.15, -0.1) is 0 Å². The number of benzene rings is 3. The zero-order valence-corrected chi connectivity index (χ0v) is 23.9. The Morgan fingerprint density at radius 1 is 0.929 bits per heavy atom. The van der Waals surface area contributed by atoms with Gasteiger partial charge in [0, 0.05) is 51.4 Å². The van der Waals surface area contributed by atoms with Crippen LogP contribution < -0.4 is 15.0 Å². The number of likely N-dealkylation sites (N-methyl/N-ethyl adjacent to an activating group) is 1. The predicted octanol–water partition coefficient (Wildman–Crippen LogP) is 2.81. The number of hydrogen-bond donors (Lipinski definition) is 1. The van der Waals surface area contributed by atoms with Gasteiger partial charge in [0.25, 0.3) is 0 Å². The fraction of sp³-hybridized carbons (Fsp3) is 0.310. The Balaban J connectivity index is 1.43. The van der Waals surface area contributed by atoms with Gasteiger partial charge < -0.3 is 15.0 Å². The molecule has 1 aliphatic rings. The Morgan fingerprint density at radius 2 is 1.57 bits per heavy atom. The van der Waals surface area contributed by atoms with Crippen LogP contribution in [0.2, 0.25) is 0 Å². The molecule has 1 heterocycles. The molecule has 0 radical (unpaired) electrons. The van der Waals surface area contributed by atoms with Crippen molar-refractivity contribution in [3.8, 4) is 5.75 Å². The lowest BCUT2D eigenvalue weighted by molar-refractivity contribution is -0.128. The second kappa shape index (κ2) is 13.4. The van der Waals surface area contributed by atoms with E-state index < -0.39 is 45.3 Å². The second-order valence-electron chi connectivity index (χ2n) is 9.83. The molecule has 2 amide bonds. The van der Waals surface area contributed by atoms with Gasteiger partial charge in [-0.3, -0.25) is 14.5 Å². The number of halogens is 3. The van der Waals surface area contributed by atoms with Crippen molar-refractivity contribution >= 4 is 27.5 Å². The number of sulfonamides is 1. The highest BCUT2D eigenvalue weighted by Crippen LogP contribution is 2.21. The Bertz CT molecular complexity index is 1510. The van der Waals surface area contributed by atoms with Crippen LogP contribution in [0.25, 0.3) is 0 Å². The van der Waals surface area contributed by atoms with Crippen LogP contribution in [-0.2, 0) is 26.0 Å². The molecule has 0 spiro atoms. The van der Waals surface area contributed by atoms with Gasteiger partial charge in [0.1, 0.15) is 29.2 Å². The largest absolute Gasteiger partial charge is 0.497 e. The minimum absolute atomic E-state index is 0.0806. The van der Waals surface area contributed by atoms with Gasteiger partial charge in [0.2, 0.25) is 21.8 Å². The second-order valence-corrected chi connectivity index (χ2v) is 11.8. The highest BCUT2D eigenvalue weighted by atomic mass is 32.2. The summed E-state index contributed by atoms with van der Waals surface area (Å²) in [5.41, 5.74) is 0.701. The van der Waals surface area contributed by atoms with Gasteiger partial charge in [-0.2, -0.15) is 4.31 Å². The third-order valence-corrected chi connectivity index (χ3v) is 8.81. The van der Waals surface area contributed by atoms with Crippen LogP contribution in [0.5, 0.6) is 5.75 Å². The lowest BCUT2D eigenvalue weighted by Crippen LogP contribution is -2.54. The summed E-state index contributed by atoms with van der Waals surface area (Å²) in [7, 11) is -0.870. The van der Waals surface area contributed by atoms with Gasteiger partial charge in [0.15, 0.2) is 0 Å². The van der Waals surface area contributed by atoms with Crippen LogP contribution in [0.1, 0.15) is 5.56 Å². The van der Waals surface area contributed by atoms with Crippen molar-refractivity contribution in [2.75, 3.05) is 51.8 Å². The van der Waals surface area contributed by atoms with E-state index >= 15 is 0 Å². The number of nitrogens with zero attached hydrogens (tertiary/aromatic N) is 3. The topological polar surface area (TPSA) is 99.3 Å². The van der Waals surface area contributed by atoms with Gasteiger partial charge in [-0.1, -0.05) is 6.07 Å². The van der Waals surface area contributed by atoms with Crippen LogP contribution in [0.3, 0.4) is 0 Å². The van der Waals surface area contributed by atoms with E-state index in [1.165, 1.54) is 35.5 Å². The molecule has 0 aliphatic carbocycles. The van der Waals surface area contributed by atoms with Crippen molar-refractivity contribution in [3.63, 3.8) is 0 Å². The SMILES string of the molecule is COc1ccc(N(C)C(=O)[C@H](Cc2cc(F)cc(F)c2)NC(=O)CN2CCN(S(=O)(=O)c3cccc(F)c3)CC2)cc1. The number of anilines is 1. The predicted molar refractivity (Wildman–Crippen MR) is 150 cm³/mol. The molecule has 1 fully saturated rings. The van der Waals surface area contributed by atoms with E-state index in [2.05, 4.69) is 5.32 Å². The third kappa shape index (κ3) is 7.66. The quantitative estimate of drug-likeness (QED) is 0.382. The van der Waals surface area contributed by atoms with E-state index in [-0.39, 0.29) is 49.6 Å². The fourth-order valence-electron chi connectivity index (χ4n) is 4.68. The molecule has 3 aromatic rings. The van der Waals surface area contributed by atoms with E-state index in [9.17, 15) is 31.2 Å². The number of rotatable bonds is 10. The highest BCUT2D eigenvalue weighted by Gasteiger charge is 2.31. The van der Waals surface area contributed by atoms with Crippen molar-refractivity contribution < 1.29 is 35.9 Å². The zero-order valence-electron chi connectivity index (χ0n) is 23.1. The summed E-state index contributed by atoms with van der Waals surface area (Å²) in [5, 5.41) is 2.68. The van der Waals surface area contributed by atoms with Crippen LogP contribution in [-0.4, -0.2) is 82.4 Å². The lowest BCUT2D eigenvalue weighted by atomic mass is 10.0. The molecule has 224 valence electrons. The number of methoxy groups -OCH3 is 1. The van der Waals surface area contributed by atoms with Crippen molar-refractivity contribution in [1.29, 1.82) is 0 Å². The Labute approximate surface area is 242 Å². The van der Waals surface area contributed by atoms with E-state index in [0.717, 1.165) is 30.3 Å². The smallest absolute Gasteiger partial charge is 0.249 e. The maximum Gasteiger partial charge on any atom is 0.249 e. The summed E-state index contributed by atoms with van der Waals surface area (Å²) in [4.78, 5) is 29.5. The Hall–Kier alpha value is -3.94. The monoisotopic (exact) mass is 604 g/mol. The van der Waals surface area contributed by atoms with Crippen LogP contribution in [0.4, 0.5) is 18.9 Å². The summed E-state index contributed by atoms with van der Waals surface area (Å²) in [6.45, 7) is 0.471. The fourth-order valence-corrected chi connectivity index (χ4v) is 6.13. The summed E-state index contributed by atoms with van der Waals surface area (Å²) in [5.74, 6) is -2.72. The molecular formula is C29H31F3N4O5S. The first-order valence-corrected chi connectivity index (χ1v) is 14.5. The number of hydrogen-bond acceptors (Lipinski definition) is 6. The molecule has 9 nitrogen and oxygen atoms in total. The molecular weight excluding hydrogens is 573 g/mol. The van der Waals surface area contributed by atoms with E-state index in [1.54, 1.807) is 29.2 Å². The molecule has 13 heteroatoms. The minimum Gasteiger partial charge on any atom is -0.497 e. The summed E-state index contributed by atoms with van der Waals surface area (Å²) < 4.78 is 73.5. The number of nitrogens with one attached hydrogen (secondary N) is 1. The van der Waals surface area contributed by atoms with E-state index in [0.29, 0.717) is 11.4 Å². The van der Waals surface area contributed by atoms with Crippen molar-refractivity contribution in [1.82, 2.24) is 14.5 Å². The van der Waals surface area contributed by atoms with E-state index in [1.807, 2.05) is 0 Å². The molecule has 0 saturated carbocycles. The standard InChI is InChI=1S/C29H31F3N4O5S/c1-34(24-6-8-25(41-2)9-7-24)29(38)27(16-20-14-22(31)17-23(32)15-20)33-28(37)19-35-10-12-36(13-11-35)42(39,40)26-5-3-4-21(30)18-26/h3-9,14-15,17-18,27H,10-13,16,19H2,1-2H3,(H,33,37)/t27-/m0/s1. The lowest BCUT2D eigenvalue weighted by Gasteiger charge is -2.34. The maximum absolute atomic E-state index is 13.9. The normalized spacial score (nSPS) is 15.2. The van der Waals surface area contributed by atoms with E-state index in [4.69, 9.17) is 4.74 Å². The van der Waals surface area contributed by atoms with Gasteiger partial charge >= 0.3 is 0 Å². The minimum atomic E-state index is -3.90. The average Bonchev–Trinajstić information content (AvgIpc) is 2.96. The van der Waals surface area contributed by atoms with Crippen LogP contribution in [0.15, 0.2) is 71.6 Å². The van der Waals surface area contributed by atoms with Crippen molar-refractivity contribution in [3.05, 3.63) is 89.7 Å². The van der Waals surface area contributed by atoms with Crippen LogP contribution >= 0.6 is 0 Å². The van der Waals surface area contributed by atoms with Crippen molar-refractivity contribution in [2.45, 2.75) is 17.4 Å². The molecule has 1 saturated heterocycles. The molecule has 0 unspecified atom stereocenters. The summed E-state index contributed by atoms with van der Waals surface area (Å²) in [6, 6.07) is 13.2. The maximum atomic E-state index is 13.9. The number of carbonyl (C=O) groups excluding carboxylic acids is 2. The van der Waals surface area contributed by atoms with Gasteiger partial charge in [-0.25, -0.2) is 21.6 Å². The van der Waals surface area contributed by atoms with Gasteiger partial charge in [-0.05, 0) is 60.2 Å². The summed E-state index contributed by atoms with van der Waals surface area (Å²) in [6.07, 6.45) is -0.167. The molecule has 1 atom stereocenters. The molecule has 1 N–H and O–H groups in total. The van der Waals surface area contributed by atoms with Gasteiger partial charge in [0.05, 0.1) is 18.6 Å². The first-order valence-electron chi connectivity index (χ1n) is 13.1. The number of amides is 2. The molecule has 4 rings (SSSR count). The highest BCUT2D eigenvalue weighted by molar-refractivity contribution is 7.89. The number of ether oxygens (including phenoxy) is 1.